The molecule has 5 heteroatoms. The molecule has 1 saturated heterocycles. The summed E-state index contributed by atoms with van der Waals surface area (Å²) in [6.45, 7) is 4.36. The van der Waals surface area contributed by atoms with Gasteiger partial charge in [0.05, 0.1) is 24.9 Å². The summed E-state index contributed by atoms with van der Waals surface area (Å²) in [5.41, 5.74) is 0.790. The molecule has 0 aromatic carbocycles. The van der Waals surface area contributed by atoms with Crippen LogP contribution in [-0.4, -0.2) is 46.1 Å². The lowest BCUT2D eigenvalue weighted by Crippen LogP contribution is -2.52. The topological polar surface area (TPSA) is 69.7 Å². The average Bonchev–Trinajstić information content (AvgIpc) is 3.07. The Bertz CT molecular complexity index is 512. The number of rotatable bonds is 6. The molecule has 1 saturated carbocycles. The molecule has 3 rings (SSSR count). The second-order valence-electron chi connectivity index (χ2n) is 7.82. The molecule has 2 fully saturated rings. The van der Waals surface area contributed by atoms with Gasteiger partial charge in [0.2, 0.25) is 0 Å². The third-order valence-electron chi connectivity index (χ3n) is 6.11. The molecule has 2 N–H and O–H groups in total. The van der Waals surface area contributed by atoms with Gasteiger partial charge in [0, 0.05) is 23.9 Å². The van der Waals surface area contributed by atoms with E-state index in [0.717, 1.165) is 37.3 Å². The normalized spacial score (nSPS) is 29.9. The lowest BCUT2D eigenvalue weighted by atomic mass is 9.73. The maximum atomic E-state index is 10.6. The maximum absolute atomic E-state index is 10.6. The van der Waals surface area contributed by atoms with Crippen LogP contribution in [0.1, 0.15) is 75.7 Å². The number of piperidine rings is 1. The highest BCUT2D eigenvalue weighted by atomic mass is 16.5. The number of aliphatic hydroxyl groups is 2. The highest BCUT2D eigenvalue weighted by molar-refractivity contribution is 5.11. The highest BCUT2D eigenvalue weighted by Crippen LogP contribution is 2.37. The number of hydrogen-bond donors (Lipinski definition) is 2. The summed E-state index contributed by atoms with van der Waals surface area (Å²) in [7, 11) is 0. The largest absolute Gasteiger partial charge is 0.396 e. The van der Waals surface area contributed by atoms with E-state index in [1.54, 1.807) is 0 Å². The van der Waals surface area contributed by atoms with Gasteiger partial charge in [-0.2, -0.15) is 0 Å². The van der Waals surface area contributed by atoms with Crippen LogP contribution in [0.25, 0.3) is 0 Å². The summed E-state index contributed by atoms with van der Waals surface area (Å²) in [6, 6.07) is 2.11. The molecular weight excluding hydrogens is 304 g/mol. The first-order valence-electron chi connectivity index (χ1n) is 9.63. The fourth-order valence-corrected chi connectivity index (χ4v) is 4.49. The minimum atomic E-state index is -0.475. The van der Waals surface area contributed by atoms with E-state index < -0.39 is 6.10 Å². The smallest absolute Gasteiger partial charge is 0.150 e. The van der Waals surface area contributed by atoms with Gasteiger partial charge < -0.3 is 14.7 Å². The molecule has 1 aromatic rings. The summed E-state index contributed by atoms with van der Waals surface area (Å²) >= 11 is 0. The van der Waals surface area contributed by atoms with Crippen LogP contribution in [0.4, 0.5) is 0 Å². The molecule has 5 nitrogen and oxygen atoms in total. The van der Waals surface area contributed by atoms with Gasteiger partial charge in [-0.25, -0.2) is 0 Å². The second-order valence-corrected chi connectivity index (χ2v) is 7.82. The Morgan fingerprint density at radius 1 is 1.33 bits per heavy atom. The number of hydrogen-bond acceptors (Lipinski definition) is 5. The van der Waals surface area contributed by atoms with Crippen molar-refractivity contribution in [3.05, 3.63) is 17.5 Å². The first-order chi connectivity index (χ1) is 11.7. The Labute approximate surface area is 145 Å². The van der Waals surface area contributed by atoms with Gasteiger partial charge in [-0.3, -0.25) is 4.90 Å². The number of nitrogens with zero attached hydrogens (tertiary/aromatic N) is 2. The zero-order valence-corrected chi connectivity index (χ0v) is 14.9. The molecule has 0 radical (unpaired) electrons. The summed E-state index contributed by atoms with van der Waals surface area (Å²) in [6.07, 6.45) is 8.63. The zero-order valence-electron chi connectivity index (χ0n) is 14.9. The fraction of sp³-hybridized carbons (Fsp3) is 0.842. The fourth-order valence-electron chi connectivity index (χ4n) is 4.49. The van der Waals surface area contributed by atoms with Crippen molar-refractivity contribution in [2.75, 3.05) is 19.7 Å². The summed E-state index contributed by atoms with van der Waals surface area (Å²) < 4.78 is 5.56. The predicted octanol–water partition coefficient (Wildman–Crippen LogP) is 3.07. The first-order valence-corrected chi connectivity index (χ1v) is 9.63. The lowest BCUT2D eigenvalue weighted by molar-refractivity contribution is -0.0814. The summed E-state index contributed by atoms with van der Waals surface area (Å²) in [4.78, 5) is 2.22. The van der Waals surface area contributed by atoms with E-state index in [4.69, 9.17) is 4.52 Å². The van der Waals surface area contributed by atoms with E-state index in [9.17, 15) is 10.2 Å². The molecule has 2 aliphatic rings. The number of aromatic nitrogens is 1. The average molecular weight is 336 g/mol. The summed E-state index contributed by atoms with van der Waals surface area (Å²) in [5, 5.41) is 24.6. The SMILES string of the molecule is CCC[C@]1(CO)CCN(Cc2cc(C3CCCCC3)no2)C[C@@H]1O. The van der Waals surface area contributed by atoms with Gasteiger partial charge in [0.25, 0.3) is 0 Å². The van der Waals surface area contributed by atoms with Crippen molar-refractivity contribution in [2.24, 2.45) is 5.41 Å². The monoisotopic (exact) mass is 336 g/mol. The Kier molecular flexibility index (Phi) is 5.95. The van der Waals surface area contributed by atoms with Crippen molar-refractivity contribution in [3.8, 4) is 0 Å². The van der Waals surface area contributed by atoms with Crippen LogP contribution >= 0.6 is 0 Å². The van der Waals surface area contributed by atoms with Gasteiger partial charge in [-0.15, -0.1) is 0 Å². The van der Waals surface area contributed by atoms with E-state index >= 15 is 0 Å². The third kappa shape index (κ3) is 3.84. The Morgan fingerprint density at radius 2 is 2.12 bits per heavy atom. The minimum absolute atomic E-state index is 0.0734. The molecule has 0 amide bonds. The molecule has 0 unspecified atom stereocenters. The van der Waals surface area contributed by atoms with Crippen LogP contribution in [0.3, 0.4) is 0 Å². The van der Waals surface area contributed by atoms with E-state index in [1.165, 1.54) is 32.1 Å². The van der Waals surface area contributed by atoms with Gasteiger partial charge in [-0.1, -0.05) is 37.8 Å². The van der Waals surface area contributed by atoms with Gasteiger partial charge in [0.15, 0.2) is 5.76 Å². The Balaban J connectivity index is 1.56. The van der Waals surface area contributed by atoms with Crippen LogP contribution in [0.15, 0.2) is 10.6 Å². The third-order valence-corrected chi connectivity index (χ3v) is 6.11. The molecule has 0 spiro atoms. The van der Waals surface area contributed by atoms with Gasteiger partial charge in [0.1, 0.15) is 0 Å². The van der Waals surface area contributed by atoms with E-state index in [0.29, 0.717) is 19.0 Å². The molecule has 136 valence electrons. The molecule has 2 atom stereocenters. The number of aliphatic hydroxyl groups excluding tert-OH is 2. The minimum Gasteiger partial charge on any atom is -0.396 e. The molecule has 2 heterocycles. The second kappa shape index (κ2) is 7.98. The van der Waals surface area contributed by atoms with Crippen LogP contribution < -0.4 is 0 Å². The van der Waals surface area contributed by atoms with E-state index in [1.807, 2.05) is 0 Å². The maximum Gasteiger partial charge on any atom is 0.150 e. The summed E-state index contributed by atoms with van der Waals surface area (Å²) in [5.74, 6) is 1.46. The van der Waals surface area contributed by atoms with E-state index in [-0.39, 0.29) is 12.0 Å². The standard InChI is InChI=1S/C19H32N2O3/c1-2-8-19(14-22)9-10-21(13-18(19)23)12-16-11-17(20-24-16)15-6-4-3-5-7-15/h11,15,18,22-23H,2-10,12-14H2,1H3/t18-,19+/m0/s1. The van der Waals surface area contributed by atoms with Crippen molar-refractivity contribution in [2.45, 2.75) is 76.9 Å². The van der Waals surface area contributed by atoms with Crippen LogP contribution in [-0.2, 0) is 6.54 Å². The van der Waals surface area contributed by atoms with E-state index in [2.05, 4.69) is 23.0 Å². The molecular formula is C19H32N2O3. The van der Waals surface area contributed by atoms with Crippen molar-refractivity contribution in [3.63, 3.8) is 0 Å². The van der Waals surface area contributed by atoms with Crippen molar-refractivity contribution < 1.29 is 14.7 Å². The number of likely N-dealkylation sites (tertiary alicyclic amines) is 1. The Morgan fingerprint density at radius 3 is 2.79 bits per heavy atom. The van der Waals surface area contributed by atoms with Crippen molar-refractivity contribution in [1.82, 2.24) is 10.1 Å². The molecule has 1 aliphatic carbocycles. The molecule has 1 aliphatic heterocycles. The molecule has 24 heavy (non-hydrogen) atoms. The van der Waals surface area contributed by atoms with Crippen molar-refractivity contribution in [1.29, 1.82) is 0 Å². The van der Waals surface area contributed by atoms with Gasteiger partial charge in [-0.05, 0) is 32.2 Å². The zero-order chi connectivity index (χ0) is 17.0. The van der Waals surface area contributed by atoms with Crippen LogP contribution in [0, 0.1) is 5.41 Å². The molecule has 0 bridgehead atoms. The van der Waals surface area contributed by atoms with Gasteiger partial charge >= 0.3 is 0 Å². The van der Waals surface area contributed by atoms with Crippen LogP contribution in [0.2, 0.25) is 0 Å². The highest BCUT2D eigenvalue weighted by Gasteiger charge is 2.41. The number of β-amino-alcohol motifs (C(OH)–C–C–N with tert-alkyl or cyclic N) is 1. The van der Waals surface area contributed by atoms with Crippen molar-refractivity contribution >= 4 is 0 Å². The van der Waals surface area contributed by atoms with Crippen LogP contribution in [0.5, 0.6) is 0 Å². The molecule has 1 aromatic heterocycles. The lowest BCUT2D eigenvalue weighted by Gasteiger charge is -2.44. The first kappa shape index (κ1) is 17.9. The Hall–Kier alpha value is -0.910. The quantitative estimate of drug-likeness (QED) is 0.835. The predicted molar refractivity (Wildman–Crippen MR) is 92.7 cm³/mol.